The smallest absolute Gasteiger partial charge is 0.335 e. The van der Waals surface area contributed by atoms with Crippen molar-refractivity contribution in [2.75, 3.05) is 6.61 Å². The number of aliphatic hydroxyl groups is 3. The summed E-state index contributed by atoms with van der Waals surface area (Å²) in [7, 11) is 0. The van der Waals surface area contributed by atoms with Gasteiger partial charge in [-0.15, -0.1) is 6.58 Å². The monoisotopic (exact) mass is 318 g/mol. The van der Waals surface area contributed by atoms with E-state index in [2.05, 4.69) is 6.58 Å². The van der Waals surface area contributed by atoms with Gasteiger partial charge in [0.2, 0.25) is 0 Å². The zero-order valence-corrected chi connectivity index (χ0v) is 12.6. The second-order valence-corrected chi connectivity index (χ2v) is 5.45. The Kier molecular flexibility index (Phi) is 8.59. The number of hydrogen-bond donors (Lipinski definition) is 4. The van der Waals surface area contributed by atoms with E-state index in [0.717, 1.165) is 38.5 Å². The van der Waals surface area contributed by atoms with E-state index < -0.39 is 36.7 Å². The molecule has 1 rings (SSSR count). The van der Waals surface area contributed by atoms with Crippen LogP contribution in [0.2, 0.25) is 0 Å². The van der Waals surface area contributed by atoms with Gasteiger partial charge in [0.05, 0.1) is 0 Å². The molecule has 0 unspecified atom stereocenters. The van der Waals surface area contributed by atoms with Gasteiger partial charge in [0.15, 0.2) is 12.4 Å². The van der Waals surface area contributed by atoms with Crippen LogP contribution in [0.25, 0.3) is 0 Å². The number of allylic oxidation sites excluding steroid dienone is 1. The van der Waals surface area contributed by atoms with Gasteiger partial charge in [-0.2, -0.15) is 0 Å². The summed E-state index contributed by atoms with van der Waals surface area (Å²) in [4.78, 5) is 10.9. The predicted octanol–water partition coefficient (Wildman–Crippen LogP) is 0.422. The highest BCUT2D eigenvalue weighted by Gasteiger charge is 2.47. The van der Waals surface area contributed by atoms with Crippen LogP contribution >= 0.6 is 0 Å². The van der Waals surface area contributed by atoms with Crippen LogP contribution in [0.1, 0.15) is 38.5 Å². The lowest BCUT2D eigenvalue weighted by Crippen LogP contribution is -2.60. The standard InChI is InChI=1S/C15H26O7/c1-2-3-4-5-6-7-8-9-21-15-12(18)10(16)11(17)13(22-15)14(19)20/h2,10-13,15-18H,1,3-9H2,(H,19,20)/t10-,11-,12+,13-,15+/m0/s1. The molecule has 1 aliphatic heterocycles. The minimum absolute atomic E-state index is 0.290. The lowest BCUT2D eigenvalue weighted by molar-refractivity contribution is -0.294. The van der Waals surface area contributed by atoms with E-state index in [0.29, 0.717) is 6.61 Å². The van der Waals surface area contributed by atoms with Crippen LogP contribution < -0.4 is 0 Å². The maximum absolute atomic E-state index is 10.9. The van der Waals surface area contributed by atoms with Gasteiger partial charge >= 0.3 is 5.97 Å². The molecule has 0 spiro atoms. The van der Waals surface area contributed by atoms with Crippen molar-refractivity contribution < 1.29 is 34.7 Å². The summed E-state index contributed by atoms with van der Waals surface area (Å²) in [6.45, 7) is 3.95. The molecule has 7 heteroatoms. The van der Waals surface area contributed by atoms with Crippen LogP contribution in [-0.4, -0.2) is 63.7 Å². The van der Waals surface area contributed by atoms with E-state index >= 15 is 0 Å². The van der Waals surface area contributed by atoms with Gasteiger partial charge in [-0.05, 0) is 19.3 Å². The Balaban J connectivity index is 2.26. The molecule has 0 aliphatic carbocycles. The largest absolute Gasteiger partial charge is 0.479 e. The van der Waals surface area contributed by atoms with Crippen molar-refractivity contribution >= 4 is 5.97 Å². The maximum atomic E-state index is 10.9. The number of carboxylic acid groups (broad SMARTS) is 1. The van der Waals surface area contributed by atoms with Gasteiger partial charge in [-0.1, -0.05) is 25.3 Å². The van der Waals surface area contributed by atoms with Gasteiger partial charge in [0.1, 0.15) is 18.3 Å². The zero-order chi connectivity index (χ0) is 16.5. The number of carbonyl (C=O) groups is 1. The molecular formula is C15H26O7. The van der Waals surface area contributed by atoms with Gasteiger partial charge in [0.25, 0.3) is 0 Å². The molecule has 0 saturated carbocycles. The predicted molar refractivity (Wildman–Crippen MR) is 78.2 cm³/mol. The molecule has 1 fully saturated rings. The summed E-state index contributed by atoms with van der Waals surface area (Å²) in [6, 6.07) is 0. The Morgan fingerprint density at radius 3 is 2.32 bits per heavy atom. The van der Waals surface area contributed by atoms with Gasteiger partial charge < -0.3 is 29.9 Å². The Morgan fingerprint density at radius 2 is 1.68 bits per heavy atom. The molecule has 0 bridgehead atoms. The number of hydrogen-bond acceptors (Lipinski definition) is 6. The second kappa shape index (κ2) is 9.91. The summed E-state index contributed by atoms with van der Waals surface area (Å²) in [5, 5.41) is 37.8. The van der Waals surface area contributed by atoms with E-state index in [1.807, 2.05) is 6.08 Å². The highest BCUT2D eigenvalue weighted by atomic mass is 16.7. The first-order chi connectivity index (χ1) is 10.5. The molecule has 5 atom stereocenters. The minimum Gasteiger partial charge on any atom is -0.479 e. The van der Waals surface area contributed by atoms with Gasteiger partial charge in [-0.25, -0.2) is 4.79 Å². The number of rotatable bonds is 10. The topological polar surface area (TPSA) is 116 Å². The van der Waals surface area contributed by atoms with Crippen LogP contribution in [0.15, 0.2) is 12.7 Å². The van der Waals surface area contributed by atoms with Crippen molar-refractivity contribution in [3.05, 3.63) is 12.7 Å². The van der Waals surface area contributed by atoms with Crippen molar-refractivity contribution in [2.24, 2.45) is 0 Å². The molecule has 4 N–H and O–H groups in total. The fourth-order valence-electron chi connectivity index (χ4n) is 2.31. The third-order valence-corrected chi connectivity index (χ3v) is 3.65. The molecule has 0 radical (unpaired) electrons. The summed E-state index contributed by atoms with van der Waals surface area (Å²) in [5.41, 5.74) is 0. The Hall–Kier alpha value is -0.990. The van der Waals surface area contributed by atoms with Crippen molar-refractivity contribution in [3.63, 3.8) is 0 Å². The highest BCUT2D eigenvalue weighted by Crippen LogP contribution is 2.22. The summed E-state index contributed by atoms with van der Waals surface area (Å²) >= 11 is 0. The minimum atomic E-state index is -1.68. The fraction of sp³-hybridized carbons (Fsp3) is 0.800. The number of aliphatic carboxylic acids is 1. The van der Waals surface area contributed by atoms with Crippen LogP contribution in [0.3, 0.4) is 0 Å². The van der Waals surface area contributed by atoms with Crippen LogP contribution in [0.5, 0.6) is 0 Å². The molecule has 1 saturated heterocycles. The van der Waals surface area contributed by atoms with E-state index in [-0.39, 0.29) is 0 Å². The molecule has 0 amide bonds. The van der Waals surface area contributed by atoms with Crippen molar-refractivity contribution in [1.82, 2.24) is 0 Å². The number of ether oxygens (including phenoxy) is 2. The Bertz CT molecular complexity index is 347. The van der Waals surface area contributed by atoms with E-state index in [4.69, 9.17) is 14.6 Å². The van der Waals surface area contributed by atoms with Crippen molar-refractivity contribution in [2.45, 2.75) is 69.2 Å². The third-order valence-electron chi connectivity index (χ3n) is 3.65. The lowest BCUT2D eigenvalue weighted by atomic mass is 9.99. The molecule has 0 aromatic heterocycles. The molecule has 0 aromatic rings. The van der Waals surface area contributed by atoms with Gasteiger partial charge in [-0.3, -0.25) is 0 Å². The van der Waals surface area contributed by atoms with Gasteiger partial charge in [0, 0.05) is 6.61 Å². The van der Waals surface area contributed by atoms with Crippen LogP contribution in [0, 0.1) is 0 Å². The summed E-state index contributed by atoms with van der Waals surface area (Å²) in [5.74, 6) is -1.41. The van der Waals surface area contributed by atoms with Crippen LogP contribution in [-0.2, 0) is 14.3 Å². The fourth-order valence-corrected chi connectivity index (χ4v) is 2.31. The second-order valence-electron chi connectivity index (χ2n) is 5.45. The van der Waals surface area contributed by atoms with E-state index in [1.54, 1.807) is 0 Å². The Morgan fingerprint density at radius 1 is 1.05 bits per heavy atom. The average molecular weight is 318 g/mol. The molecule has 128 valence electrons. The van der Waals surface area contributed by atoms with Crippen LogP contribution in [0.4, 0.5) is 0 Å². The molecule has 1 aliphatic rings. The summed E-state index contributed by atoms with van der Waals surface area (Å²) in [6.07, 6.45) is 0.254. The first-order valence-electron chi connectivity index (χ1n) is 7.64. The molecule has 1 heterocycles. The SMILES string of the molecule is C=CCCCCCCCO[C@@H]1O[C@H](C(=O)O)[C@@H](O)[C@H](O)[C@H]1O. The highest BCUT2D eigenvalue weighted by molar-refractivity contribution is 5.73. The number of aliphatic hydroxyl groups excluding tert-OH is 3. The third kappa shape index (κ3) is 5.66. The number of unbranched alkanes of at least 4 members (excludes halogenated alkanes) is 5. The molecule has 0 aromatic carbocycles. The summed E-state index contributed by atoms with van der Waals surface area (Å²) < 4.78 is 10.3. The van der Waals surface area contributed by atoms with E-state index in [1.165, 1.54) is 0 Å². The van der Waals surface area contributed by atoms with E-state index in [9.17, 15) is 20.1 Å². The number of carboxylic acids is 1. The molecule has 7 nitrogen and oxygen atoms in total. The average Bonchev–Trinajstić information content (AvgIpc) is 2.49. The quantitative estimate of drug-likeness (QED) is 0.341. The maximum Gasteiger partial charge on any atom is 0.335 e. The molecule has 22 heavy (non-hydrogen) atoms. The zero-order valence-electron chi connectivity index (χ0n) is 12.6. The first kappa shape index (κ1) is 19.1. The van der Waals surface area contributed by atoms with Crippen molar-refractivity contribution in [1.29, 1.82) is 0 Å². The first-order valence-corrected chi connectivity index (χ1v) is 7.64. The van der Waals surface area contributed by atoms with Crippen molar-refractivity contribution in [3.8, 4) is 0 Å². The molecular weight excluding hydrogens is 292 g/mol. The lowest BCUT2D eigenvalue weighted by Gasteiger charge is -2.38. The normalized spacial score (nSPS) is 31.9. The Labute approximate surface area is 130 Å².